The highest BCUT2D eigenvalue weighted by atomic mass is 35.5. The molecule has 0 heterocycles. The molecule has 0 saturated carbocycles. The Labute approximate surface area is 124 Å². The number of halogens is 1. The van der Waals surface area contributed by atoms with E-state index in [0.29, 0.717) is 0 Å². The second kappa shape index (κ2) is 6.58. The summed E-state index contributed by atoms with van der Waals surface area (Å²) in [7, 11) is 0. The third-order valence-electron chi connectivity index (χ3n) is 3.26. The van der Waals surface area contributed by atoms with Crippen molar-refractivity contribution in [3.8, 4) is 0 Å². The van der Waals surface area contributed by atoms with Crippen molar-refractivity contribution in [1.29, 1.82) is 0 Å². The van der Waals surface area contributed by atoms with Crippen LogP contribution in [-0.4, -0.2) is 5.91 Å². The van der Waals surface area contributed by atoms with Gasteiger partial charge in [-0.3, -0.25) is 4.79 Å². The van der Waals surface area contributed by atoms with Crippen LogP contribution in [0.1, 0.15) is 35.0 Å². The van der Waals surface area contributed by atoms with E-state index in [9.17, 15) is 4.79 Å². The summed E-state index contributed by atoms with van der Waals surface area (Å²) in [4.78, 5) is 12.2. The fraction of sp³-hybridized carbons (Fsp3) is 0.235. The first-order chi connectivity index (χ1) is 9.58. The molecule has 2 aromatic carbocycles. The number of carbonyl (C=O) groups is 1. The lowest BCUT2D eigenvalue weighted by atomic mass is 10.1. The second-order valence-electron chi connectivity index (χ2n) is 4.91. The highest BCUT2D eigenvalue weighted by molar-refractivity contribution is 6.30. The molecule has 1 unspecified atom stereocenters. The number of nitrogens with one attached hydrogen (secondary N) is 1. The van der Waals surface area contributed by atoms with E-state index in [0.717, 1.165) is 11.1 Å². The van der Waals surface area contributed by atoms with Gasteiger partial charge in [-0.25, -0.2) is 0 Å². The zero-order chi connectivity index (χ0) is 14.5. The molecule has 1 N–H and O–H groups in total. The Bertz CT molecular complexity index is 565. The van der Waals surface area contributed by atoms with Gasteiger partial charge in [-0.2, -0.15) is 0 Å². The molecule has 0 spiro atoms. The van der Waals surface area contributed by atoms with Crippen LogP contribution in [0.2, 0.25) is 0 Å². The number of alkyl halides is 1. The van der Waals surface area contributed by atoms with Crippen molar-refractivity contribution in [2.45, 2.75) is 25.3 Å². The largest absolute Gasteiger partial charge is 0.348 e. The van der Waals surface area contributed by atoms with Gasteiger partial charge in [0, 0.05) is 0 Å². The Morgan fingerprint density at radius 2 is 1.60 bits per heavy atom. The van der Waals surface area contributed by atoms with Gasteiger partial charge in [0.25, 0.3) is 0 Å². The summed E-state index contributed by atoms with van der Waals surface area (Å²) >= 11 is 6.20. The van der Waals surface area contributed by atoms with Gasteiger partial charge < -0.3 is 5.32 Å². The quantitative estimate of drug-likeness (QED) is 0.841. The zero-order valence-electron chi connectivity index (χ0n) is 11.6. The van der Waals surface area contributed by atoms with Crippen LogP contribution in [0.15, 0.2) is 54.6 Å². The van der Waals surface area contributed by atoms with E-state index in [1.807, 2.05) is 68.4 Å². The normalized spacial score (nSPS) is 13.6. The van der Waals surface area contributed by atoms with Crippen LogP contribution in [0.4, 0.5) is 0 Å². The topological polar surface area (TPSA) is 29.1 Å². The summed E-state index contributed by atoms with van der Waals surface area (Å²) in [5.41, 5.74) is 3.08. The smallest absolute Gasteiger partial charge is 0.243 e. The number of benzene rings is 2. The van der Waals surface area contributed by atoms with Crippen LogP contribution in [0.5, 0.6) is 0 Å². The Balaban J connectivity index is 2.02. The molecule has 2 nitrogen and oxygen atoms in total. The Hall–Kier alpha value is -1.80. The van der Waals surface area contributed by atoms with Crippen molar-refractivity contribution in [2.75, 3.05) is 0 Å². The maximum Gasteiger partial charge on any atom is 0.243 e. The molecule has 2 rings (SSSR count). The van der Waals surface area contributed by atoms with Gasteiger partial charge >= 0.3 is 0 Å². The molecule has 3 heteroatoms. The van der Waals surface area contributed by atoms with Crippen molar-refractivity contribution < 1.29 is 4.79 Å². The van der Waals surface area contributed by atoms with E-state index in [2.05, 4.69) is 5.32 Å². The molecule has 1 amide bonds. The van der Waals surface area contributed by atoms with Crippen molar-refractivity contribution in [1.82, 2.24) is 5.32 Å². The summed E-state index contributed by atoms with van der Waals surface area (Å²) in [6, 6.07) is 17.4. The summed E-state index contributed by atoms with van der Waals surface area (Å²) in [6.45, 7) is 3.99. The average molecular weight is 288 g/mol. The van der Waals surface area contributed by atoms with Crippen molar-refractivity contribution >= 4 is 17.5 Å². The van der Waals surface area contributed by atoms with Gasteiger partial charge in [0.15, 0.2) is 0 Å². The monoisotopic (exact) mass is 287 g/mol. The molecule has 0 aliphatic heterocycles. The number of hydrogen-bond acceptors (Lipinski definition) is 1. The molecule has 0 fully saturated rings. The minimum absolute atomic E-state index is 0.0620. The van der Waals surface area contributed by atoms with Crippen LogP contribution in [0.25, 0.3) is 0 Å². The summed E-state index contributed by atoms with van der Waals surface area (Å²) < 4.78 is 0. The number of rotatable bonds is 4. The predicted octanol–water partition coefficient (Wildman–Crippen LogP) is 4.15. The van der Waals surface area contributed by atoms with Gasteiger partial charge in [0.05, 0.1) is 6.04 Å². The maximum atomic E-state index is 12.2. The van der Waals surface area contributed by atoms with Gasteiger partial charge in [-0.05, 0) is 25.0 Å². The number of amides is 1. The summed E-state index contributed by atoms with van der Waals surface area (Å²) in [5.74, 6) is -0.175. The van der Waals surface area contributed by atoms with Crippen molar-refractivity contribution in [3.05, 3.63) is 71.3 Å². The van der Waals surface area contributed by atoms with E-state index >= 15 is 0 Å². The lowest BCUT2D eigenvalue weighted by molar-refractivity contribution is -0.121. The minimum Gasteiger partial charge on any atom is -0.348 e. The van der Waals surface area contributed by atoms with E-state index < -0.39 is 5.38 Å². The Morgan fingerprint density at radius 3 is 2.20 bits per heavy atom. The molecular weight excluding hydrogens is 270 g/mol. The Kier molecular flexibility index (Phi) is 4.80. The van der Waals surface area contributed by atoms with E-state index in [1.165, 1.54) is 5.56 Å². The molecule has 2 aromatic rings. The highest BCUT2D eigenvalue weighted by Gasteiger charge is 2.19. The van der Waals surface area contributed by atoms with E-state index in [1.54, 1.807) is 0 Å². The predicted molar refractivity (Wildman–Crippen MR) is 82.8 cm³/mol. The van der Waals surface area contributed by atoms with Crippen LogP contribution in [-0.2, 0) is 4.79 Å². The fourth-order valence-corrected chi connectivity index (χ4v) is 2.21. The third kappa shape index (κ3) is 3.61. The first kappa shape index (κ1) is 14.6. The summed E-state index contributed by atoms with van der Waals surface area (Å²) in [6.07, 6.45) is 0. The molecule has 0 aliphatic carbocycles. The minimum atomic E-state index is -0.663. The van der Waals surface area contributed by atoms with Gasteiger partial charge in [-0.1, -0.05) is 60.2 Å². The lowest BCUT2D eigenvalue weighted by Crippen LogP contribution is -2.29. The highest BCUT2D eigenvalue weighted by Crippen LogP contribution is 2.22. The molecule has 0 radical (unpaired) electrons. The Morgan fingerprint density at radius 1 is 1.00 bits per heavy atom. The molecule has 0 aliphatic rings. The number of aryl methyl sites for hydroxylation is 1. The van der Waals surface area contributed by atoms with Gasteiger partial charge in [0.1, 0.15) is 5.38 Å². The molecular formula is C17H18ClNO. The molecule has 2 atom stereocenters. The first-order valence-corrected chi connectivity index (χ1v) is 7.07. The van der Waals surface area contributed by atoms with Crippen molar-refractivity contribution in [2.24, 2.45) is 0 Å². The lowest BCUT2D eigenvalue weighted by Gasteiger charge is -2.17. The SMILES string of the molecule is Cc1ccc([C@H](C)NC(=O)C(Cl)c2ccccc2)cc1. The molecule has 104 valence electrons. The third-order valence-corrected chi connectivity index (χ3v) is 3.71. The van der Waals surface area contributed by atoms with Gasteiger partial charge in [-0.15, -0.1) is 11.6 Å². The molecule has 0 aromatic heterocycles. The molecule has 0 saturated heterocycles. The standard InChI is InChI=1S/C17H18ClNO/c1-12-8-10-14(11-9-12)13(2)19-17(20)16(18)15-6-4-3-5-7-15/h3-11,13,16H,1-2H3,(H,19,20)/t13-,16?/m0/s1. The van der Waals surface area contributed by atoms with Crippen LogP contribution < -0.4 is 5.32 Å². The fourth-order valence-electron chi connectivity index (χ4n) is 2.00. The zero-order valence-corrected chi connectivity index (χ0v) is 12.4. The van der Waals surface area contributed by atoms with Crippen LogP contribution in [0.3, 0.4) is 0 Å². The van der Waals surface area contributed by atoms with Gasteiger partial charge in [0.2, 0.25) is 5.91 Å². The molecule has 20 heavy (non-hydrogen) atoms. The van der Waals surface area contributed by atoms with Crippen molar-refractivity contribution in [3.63, 3.8) is 0 Å². The van der Waals surface area contributed by atoms with E-state index in [-0.39, 0.29) is 11.9 Å². The van der Waals surface area contributed by atoms with Crippen LogP contribution in [0, 0.1) is 6.92 Å². The summed E-state index contributed by atoms with van der Waals surface area (Å²) in [5, 5.41) is 2.28. The number of hydrogen-bond donors (Lipinski definition) is 1. The average Bonchev–Trinajstić information content (AvgIpc) is 2.48. The first-order valence-electron chi connectivity index (χ1n) is 6.64. The second-order valence-corrected chi connectivity index (χ2v) is 5.35. The maximum absolute atomic E-state index is 12.2. The van der Waals surface area contributed by atoms with E-state index in [4.69, 9.17) is 11.6 Å². The molecule has 0 bridgehead atoms. The van der Waals surface area contributed by atoms with Crippen LogP contribution >= 0.6 is 11.6 Å². The number of carbonyl (C=O) groups excluding carboxylic acids is 1.